The number of aryl methyl sites for hydroxylation is 1. The Bertz CT molecular complexity index is 474. The summed E-state index contributed by atoms with van der Waals surface area (Å²) >= 11 is 0. The number of nitrogens with one attached hydrogen (secondary N) is 1. The molecule has 1 rings (SSSR count). The van der Waals surface area contributed by atoms with Crippen LogP contribution in [0.25, 0.3) is 0 Å². The van der Waals surface area contributed by atoms with E-state index < -0.39 is 23.7 Å². The monoisotopic (exact) mass is 267 g/mol. The van der Waals surface area contributed by atoms with Crippen LogP contribution in [0.15, 0.2) is 18.2 Å². The highest BCUT2D eigenvalue weighted by atomic mass is 19.1. The molecule has 19 heavy (non-hydrogen) atoms. The van der Waals surface area contributed by atoms with Crippen LogP contribution in [0.4, 0.5) is 4.39 Å². The van der Waals surface area contributed by atoms with E-state index >= 15 is 0 Å². The summed E-state index contributed by atoms with van der Waals surface area (Å²) in [4.78, 5) is 22.6. The van der Waals surface area contributed by atoms with Gasteiger partial charge in [0.25, 0.3) is 5.91 Å². The Kier molecular flexibility index (Phi) is 5.48. The van der Waals surface area contributed by atoms with Gasteiger partial charge < -0.3 is 10.4 Å². The number of aliphatic carboxylic acids is 1. The third-order valence-electron chi connectivity index (χ3n) is 2.83. The van der Waals surface area contributed by atoms with Crippen LogP contribution >= 0.6 is 0 Å². The smallest absolute Gasteiger partial charge is 0.305 e. The van der Waals surface area contributed by atoms with E-state index in [0.717, 1.165) is 6.42 Å². The highest BCUT2D eigenvalue weighted by Gasteiger charge is 2.19. The van der Waals surface area contributed by atoms with Gasteiger partial charge in [0, 0.05) is 6.04 Å². The summed E-state index contributed by atoms with van der Waals surface area (Å²) in [6.07, 6.45) is 1.13. The summed E-state index contributed by atoms with van der Waals surface area (Å²) in [6, 6.07) is 4.09. The predicted molar refractivity (Wildman–Crippen MR) is 69.6 cm³/mol. The van der Waals surface area contributed by atoms with Crippen LogP contribution in [-0.2, 0) is 4.79 Å². The summed E-state index contributed by atoms with van der Waals surface area (Å²) in [5.41, 5.74) is 0.337. The molecular formula is C14H18FNO3. The number of carboxylic acid groups (broad SMARTS) is 1. The van der Waals surface area contributed by atoms with Crippen LogP contribution in [-0.4, -0.2) is 23.0 Å². The molecule has 0 bridgehead atoms. The van der Waals surface area contributed by atoms with Crippen LogP contribution in [0.5, 0.6) is 0 Å². The zero-order chi connectivity index (χ0) is 14.4. The largest absolute Gasteiger partial charge is 0.481 e. The maximum atomic E-state index is 13.8. The van der Waals surface area contributed by atoms with E-state index in [0.29, 0.717) is 12.0 Å². The van der Waals surface area contributed by atoms with E-state index in [4.69, 9.17) is 5.11 Å². The van der Waals surface area contributed by atoms with Gasteiger partial charge in [0.2, 0.25) is 0 Å². The molecule has 1 aromatic carbocycles. The highest BCUT2D eigenvalue weighted by molar-refractivity contribution is 5.95. The van der Waals surface area contributed by atoms with E-state index in [1.165, 1.54) is 6.07 Å². The Labute approximate surface area is 111 Å². The predicted octanol–water partition coefficient (Wildman–Crippen LogP) is 2.51. The summed E-state index contributed by atoms with van der Waals surface area (Å²) in [7, 11) is 0. The zero-order valence-corrected chi connectivity index (χ0v) is 11.1. The topological polar surface area (TPSA) is 66.4 Å². The molecular weight excluding hydrogens is 249 g/mol. The van der Waals surface area contributed by atoms with Gasteiger partial charge in [-0.1, -0.05) is 25.5 Å². The molecule has 0 fully saturated rings. The summed E-state index contributed by atoms with van der Waals surface area (Å²) < 4.78 is 13.8. The van der Waals surface area contributed by atoms with E-state index in [1.807, 2.05) is 6.92 Å². The van der Waals surface area contributed by atoms with Crippen LogP contribution in [0.3, 0.4) is 0 Å². The van der Waals surface area contributed by atoms with Crippen molar-refractivity contribution in [3.63, 3.8) is 0 Å². The molecule has 0 aliphatic rings. The molecule has 0 aliphatic heterocycles. The number of rotatable bonds is 6. The SMILES string of the molecule is CCCC(CC(=O)O)NC(=O)c1cccc(C)c1F. The first-order valence-electron chi connectivity index (χ1n) is 6.23. The highest BCUT2D eigenvalue weighted by Crippen LogP contribution is 2.13. The minimum absolute atomic E-state index is 0.0495. The number of halogens is 1. The van der Waals surface area contributed by atoms with E-state index in [9.17, 15) is 14.0 Å². The van der Waals surface area contributed by atoms with Gasteiger partial charge >= 0.3 is 5.97 Å². The lowest BCUT2D eigenvalue weighted by atomic mass is 10.1. The molecule has 0 saturated heterocycles. The van der Waals surface area contributed by atoms with E-state index in [-0.39, 0.29) is 12.0 Å². The number of hydrogen-bond donors (Lipinski definition) is 2. The lowest BCUT2D eigenvalue weighted by molar-refractivity contribution is -0.137. The van der Waals surface area contributed by atoms with Gasteiger partial charge in [-0.05, 0) is 25.0 Å². The summed E-state index contributed by atoms with van der Waals surface area (Å²) in [5, 5.41) is 11.3. The fourth-order valence-electron chi connectivity index (χ4n) is 1.87. The van der Waals surface area contributed by atoms with Crippen molar-refractivity contribution in [3.8, 4) is 0 Å². The van der Waals surface area contributed by atoms with Crippen molar-refractivity contribution in [1.29, 1.82) is 0 Å². The first-order chi connectivity index (χ1) is 8.95. The maximum absolute atomic E-state index is 13.8. The minimum Gasteiger partial charge on any atom is -0.481 e. The average molecular weight is 267 g/mol. The number of hydrogen-bond acceptors (Lipinski definition) is 2. The second kappa shape index (κ2) is 6.87. The van der Waals surface area contributed by atoms with Crippen LogP contribution in [0, 0.1) is 12.7 Å². The van der Waals surface area contributed by atoms with E-state index in [2.05, 4.69) is 5.32 Å². The van der Waals surface area contributed by atoms with Gasteiger partial charge in [-0.3, -0.25) is 9.59 Å². The normalized spacial score (nSPS) is 11.9. The molecule has 4 nitrogen and oxygen atoms in total. The Hall–Kier alpha value is -1.91. The molecule has 2 N–H and O–H groups in total. The van der Waals surface area contributed by atoms with Crippen molar-refractivity contribution in [1.82, 2.24) is 5.32 Å². The second-order valence-electron chi connectivity index (χ2n) is 4.49. The number of carboxylic acids is 1. The molecule has 0 aliphatic carbocycles. The fourth-order valence-corrected chi connectivity index (χ4v) is 1.87. The molecule has 1 aromatic rings. The van der Waals surface area contributed by atoms with Crippen LogP contribution in [0.1, 0.15) is 42.1 Å². The molecule has 0 spiro atoms. The van der Waals surface area contributed by atoms with Gasteiger partial charge in [0.1, 0.15) is 5.82 Å². The van der Waals surface area contributed by atoms with Gasteiger partial charge in [-0.15, -0.1) is 0 Å². The minimum atomic E-state index is -0.983. The molecule has 1 atom stereocenters. The molecule has 0 heterocycles. The zero-order valence-electron chi connectivity index (χ0n) is 11.1. The molecule has 0 aromatic heterocycles. The van der Waals surface area contributed by atoms with Gasteiger partial charge in [0.15, 0.2) is 0 Å². The average Bonchev–Trinajstić information content (AvgIpc) is 2.32. The molecule has 1 amide bonds. The van der Waals surface area contributed by atoms with Gasteiger partial charge in [-0.25, -0.2) is 4.39 Å². The lowest BCUT2D eigenvalue weighted by Gasteiger charge is -2.16. The lowest BCUT2D eigenvalue weighted by Crippen LogP contribution is -2.36. The fraction of sp³-hybridized carbons (Fsp3) is 0.429. The van der Waals surface area contributed by atoms with Crippen molar-refractivity contribution in [2.75, 3.05) is 0 Å². The third kappa shape index (κ3) is 4.35. The molecule has 0 radical (unpaired) electrons. The first kappa shape index (κ1) is 15.1. The van der Waals surface area contributed by atoms with Crippen molar-refractivity contribution < 1.29 is 19.1 Å². The second-order valence-corrected chi connectivity index (χ2v) is 4.49. The third-order valence-corrected chi connectivity index (χ3v) is 2.83. The molecule has 0 saturated carbocycles. The quantitative estimate of drug-likeness (QED) is 0.832. The maximum Gasteiger partial charge on any atom is 0.305 e. The molecule has 5 heteroatoms. The van der Waals surface area contributed by atoms with Crippen molar-refractivity contribution in [2.24, 2.45) is 0 Å². The molecule has 104 valence electrons. The Morgan fingerprint density at radius 3 is 2.68 bits per heavy atom. The number of amides is 1. The Morgan fingerprint density at radius 1 is 1.42 bits per heavy atom. The number of carbonyl (C=O) groups is 2. The number of benzene rings is 1. The Morgan fingerprint density at radius 2 is 2.11 bits per heavy atom. The van der Waals surface area contributed by atoms with E-state index in [1.54, 1.807) is 19.1 Å². The van der Waals surface area contributed by atoms with Crippen molar-refractivity contribution in [3.05, 3.63) is 35.1 Å². The Balaban J connectivity index is 2.81. The standard InChI is InChI=1S/C14H18FNO3/c1-3-5-10(8-12(17)18)16-14(19)11-7-4-6-9(2)13(11)15/h4,6-7,10H,3,5,8H2,1-2H3,(H,16,19)(H,17,18). The summed E-state index contributed by atoms with van der Waals surface area (Å²) in [6.45, 7) is 3.47. The van der Waals surface area contributed by atoms with Gasteiger partial charge in [0.05, 0.1) is 12.0 Å². The number of carbonyl (C=O) groups excluding carboxylic acids is 1. The van der Waals surface area contributed by atoms with Crippen molar-refractivity contribution >= 4 is 11.9 Å². The van der Waals surface area contributed by atoms with Crippen molar-refractivity contribution in [2.45, 2.75) is 39.2 Å². The van der Waals surface area contributed by atoms with Crippen LogP contribution < -0.4 is 5.32 Å². The first-order valence-corrected chi connectivity index (χ1v) is 6.23. The van der Waals surface area contributed by atoms with Gasteiger partial charge in [-0.2, -0.15) is 0 Å². The molecule has 1 unspecified atom stereocenters. The van der Waals surface area contributed by atoms with Crippen LogP contribution in [0.2, 0.25) is 0 Å². The summed E-state index contributed by atoms with van der Waals surface area (Å²) in [5.74, 6) is -2.12.